The Kier molecular flexibility index (Phi) is 6.77. The average molecular weight is 479 g/mol. The quantitative estimate of drug-likeness (QED) is 0.449. The molecule has 1 saturated heterocycles. The molecular weight excluding hydrogens is 448 g/mol. The number of esters is 1. The molecule has 2 N–H and O–H groups in total. The van der Waals surface area contributed by atoms with Gasteiger partial charge in [-0.15, -0.1) is 0 Å². The summed E-state index contributed by atoms with van der Waals surface area (Å²) in [6, 6.07) is 13.5. The van der Waals surface area contributed by atoms with Crippen LogP contribution < -0.4 is 11.3 Å². The smallest absolute Gasteiger partial charge is 0.410 e. The lowest BCUT2D eigenvalue weighted by molar-refractivity contribution is 0.00123. The molecule has 4 rings (SSSR count). The molecule has 0 aliphatic carbocycles. The molecular formula is C26H30N4O5. The molecule has 9 heteroatoms. The van der Waals surface area contributed by atoms with Crippen molar-refractivity contribution >= 4 is 28.7 Å². The van der Waals surface area contributed by atoms with Crippen molar-refractivity contribution in [1.82, 2.24) is 14.5 Å². The van der Waals surface area contributed by atoms with Crippen molar-refractivity contribution in [3.8, 4) is 0 Å². The predicted octanol–water partition coefficient (Wildman–Crippen LogP) is 3.63. The molecule has 0 saturated carbocycles. The largest absolute Gasteiger partial charge is 0.462 e. The van der Waals surface area contributed by atoms with Gasteiger partial charge in [-0.25, -0.2) is 14.6 Å². The Morgan fingerprint density at radius 1 is 1.09 bits per heavy atom. The van der Waals surface area contributed by atoms with Crippen LogP contribution in [0.1, 0.15) is 43.6 Å². The Labute approximate surface area is 203 Å². The Bertz CT molecular complexity index is 1300. The highest BCUT2D eigenvalue weighted by Gasteiger charge is 2.34. The third-order valence-corrected chi connectivity index (χ3v) is 5.88. The number of piperidine rings is 1. The van der Waals surface area contributed by atoms with E-state index in [-0.39, 0.29) is 30.7 Å². The summed E-state index contributed by atoms with van der Waals surface area (Å²) < 4.78 is 12.7. The average Bonchev–Trinajstić information content (AvgIpc) is 2.82. The number of rotatable bonds is 4. The van der Waals surface area contributed by atoms with Crippen molar-refractivity contribution in [2.75, 3.05) is 25.4 Å². The summed E-state index contributed by atoms with van der Waals surface area (Å²) in [4.78, 5) is 44.7. The minimum Gasteiger partial charge on any atom is -0.462 e. The van der Waals surface area contributed by atoms with E-state index >= 15 is 0 Å². The van der Waals surface area contributed by atoms with Crippen LogP contribution in [-0.4, -0.2) is 51.8 Å². The van der Waals surface area contributed by atoms with E-state index in [4.69, 9.17) is 15.2 Å². The molecule has 35 heavy (non-hydrogen) atoms. The number of carbonyl (C=O) groups excluding carboxylic acids is 2. The zero-order chi connectivity index (χ0) is 25.2. The zero-order valence-electron chi connectivity index (χ0n) is 20.1. The van der Waals surface area contributed by atoms with Crippen LogP contribution in [0.25, 0.3) is 10.9 Å². The molecule has 2 heterocycles. The number of ether oxygens (including phenoxy) is 2. The van der Waals surface area contributed by atoms with E-state index < -0.39 is 17.7 Å². The van der Waals surface area contributed by atoms with Crippen LogP contribution in [0, 0.1) is 5.92 Å². The van der Waals surface area contributed by atoms with Crippen LogP contribution in [0.15, 0.2) is 59.7 Å². The minimum atomic E-state index is -0.668. The van der Waals surface area contributed by atoms with E-state index in [1.54, 1.807) is 72.7 Å². The van der Waals surface area contributed by atoms with Gasteiger partial charge in [-0.05, 0) is 51.5 Å². The lowest BCUT2D eigenvalue weighted by Crippen LogP contribution is -2.49. The van der Waals surface area contributed by atoms with Crippen LogP contribution in [0.4, 0.5) is 10.5 Å². The number of fused-ring (bicyclic) bond motifs is 1. The minimum absolute atomic E-state index is 0.0682. The van der Waals surface area contributed by atoms with Crippen molar-refractivity contribution < 1.29 is 19.1 Å². The number of aromatic nitrogens is 2. The molecule has 1 aliphatic rings. The number of anilines is 1. The summed E-state index contributed by atoms with van der Waals surface area (Å²) in [5.41, 5.74) is 6.28. The first-order valence-electron chi connectivity index (χ1n) is 11.6. The summed E-state index contributed by atoms with van der Waals surface area (Å²) in [6.07, 6.45) is 1.56. The molecule has 0 radical (unpaired) electrons. The molecule has 1 fully saturated rings. The number of benzene rings is 2. The third kappa shape index (κ3) is 5.62. The van der Waals surface area contributed by atoms with Crippen molar-refractivity contribution in [1.29, 1.82) is 0 Å². The second-order valence-electron chi connectivity index (χ2n) is 9.80. The predicted molar refractivity (Wildman–Crippen MR) is 132 cm³/mol. The monoisotopic (exact) mass is 478 g/mol. The molecule has 2 atom stereocenters. The van der Waals surface area contributed by atoms with Crippen molar-refractivity contribution in [2.45, 2.75) is 38.8 Å². The second kappa shape index (κ2) is 9.77. The Morgan fingerprint density at radius 2 is 1.80 bits per heavy atom. The number of nitrogens with two attached hydrogens (primary N) is 1. The van der Waals surface area contributed by atoms with Gasteiger partial charge in [-0.1, -0.05) is 24.3 Å². The number of hydrogen-bond acceptors (Lipinski definition) is 7. The fraction of sp³-hybridized carbons (Fsp3) is 0.385. The first-order valence-corrected chi connectivity index (χ1v) is 11.6. The fourth-order valence-electron chi connectivity index (χ4n) is 4.27. The molecule has 1 aromatic heterocycles. The number of hydrogen-bond donors (Lipinski definition) is 1. The first kappa shape index (κ1) is 24.3. The molecule has 0 spiro atoms. The molecule has 1 unspecified atom stereocenters. The van der Waals surface area contributed by atoms with E-state index in [0.717, 1.165) is 0 Å². The van der Waals surface area contributed by atoms with Crippen molar-refractivity contribution in [2.24, 2.45) is 5.92 Å². The van der Waals surface area contributed by atoms with E-state index in [2.05, 4.69) is 4.98 Å². The molecule has 9 nitrogen and oxygen atoms in total. The summed E-state index contributed by atoms with van der Waals surface area (Å²) in [5.74, 6) is -0.743. The molecule has 1 aliphatic heterocycles. The van der Waals surface area contributed by atoms with E-state index in [1.807, 2.05) is 6.07 Å². The molecule has 184 valence electrons. The van der Waals surface area contributed by atoms with Crippen LogP contribution >= 0.6 is 0 Å². The van der Waals surface area contributed by atoms with Crippen LogP contribution in [0.5, 0.6) is 0 Å². The van der Waals surface area contributed by atoms with Gasteiger partial charge in [0.1, 0.15) is 5.60 Å². The van der Waals surface area contributed by atoms with Gasteiger partial charge in [-0.3, -0.25) is 9.36 Å². The molecule has 3 aromatic rings. The summed E-state index contributed by atoms with van der Waals surface area (Å²) in [5, 5.41) is 0.506. The van der Waals surface area contributed by atoms with Crippen LogP contribution in [0.2, 0.25) is 0 Å². The van der Waals surface area contributed by atoms with E-state index in [0.29, 0.717) is 35.1 Å². The zero-order valence-corrected chi connectivity index (χ0v) is 20.1. The number of nitrogen functional groups attached to an aromatic ring is 1. The van der Waals surface area contributed by atoms with E-state index in [1.165, 1.54) is 6.33 Å². The standard InChI is InChI=1S/C26H30N4O5/c1-26(2,3)35-25(33)29-13-17(15-34-24(32)19-8-4-6-10-21(19)27)12-18(14-29)30-16-28-22-11-7-5-9-20(22)23(30)31/h4-11,16-18H,12-15,27H2,1-3H3/t17?,18-/m1/s1. The number of likely N-dealkylation sites (tertiary alicyclic amines) is 1. The highest BCUT2D eigenvalue weighted by Crippen LogP contribution is 2.27. The van der Waals surface area contributed by atoms with Gasteiger partial charge in [0.2, 0.25) is 0 Å². The van der Waals surface area contributed by atoms with Crippen molar-refractivity contribution in [3.63, 3.8) is 0 Å². The Hall–Kier alpha value is -3.88. The lowest BCUT2D eigenvalue weighted by atomic mass is 9.94. The normalized spacial score (nSPS) is 18.3. The van der Waals surface area contributed by atoms with Crippen LogP contribution in [0.3, 0.4) is 0 Å². The summed E-state index contributed by atoms with van der Waals surface area (Å²) in [7, 11) is 0. The molecule has 0 bridgehead atoms. The van der Waals surface area contributed by atoms with Gasteiger partial charge in [0.25, 0.3) is 5.56 Å². The van der Waals surface area contributed by atoms with Gasteiger partial charge in [-0.2, -0.15) is 0 Å². The second-order valence-corrected chi connectivity index (χ2v) is 9.80. The van der Waals surface area contributed by atoms with Gasteiger partial charge in [0.15, 0.2) is 0 Å². The highest BCUT2D eigenvalue weighted by molar-refractivity contribution is 5.94. The molecule has 2 aromatic carbocycles. The number of para-hydroxylation sites is 2. The Morgan fingerprint density at radius 3 is 2.54 bits per heavy atom. The molecule has 1 amide bonds. The third-order valence-electron chi connectivity index (χ3n) is 5.88. The van der Waals surface area contributed by atoms with Crippen LogP contribution in [-0.2, 0) is 9.47 Å². The summed E-state index contributed by atoms with van der Waals surface area (Å²) >= 11 is 0. The number of nitrogens with zero attached hydrogens (tertiary/aromatic N) is 3. The number of amides is 1. The SMILES string of the molecule is CC(C)(C)OC(=O)N1CC(COC(=O)c2ccccc2N)C[C@@H](n2cnc3ccccc3c2=O)C1. The van der Waals surface area contributed by atoms with E-state index in [9.17, 15) is 14.4 Å². The number of carbonyl (C=O) groups is 2. The maximum absolute atomic E-state index is 13.2. The lowest BCUT2D eigenvalue weighted by Gasteiger charge is -2.38. The maximum atomic E-state index is 13.2. The fourth-order valence-corrected chi connectivity index (χ4v) is 4.27. The van der Waals surface area contributed by atoms with Gasteiger partial charge >= 0.3 is 12.1 Å². The first-order chi connectivity index (χ1) is 16.6. The van der Waals surface area contributed by atoms with Gasteiger partial charge < -0.3 is 20.1 Å². The van der Waals surface area contributed by atoms with Crippen molar-refractivity contribution in [3.05, 3.63) is 70.8 Å². The van der Waals surface area contributed by atoms with Gasteiger partial charge in [0, 0.05) is 24.7 Å². The highest BCUT2D eigenvalue weighted by atomic mass is 16.6. The summed E-state index contributed by atoms with van der Waals surface area (Å²) in [6.45, 7) is 6.08. The topological polar surface area (TPSA) is 117 Å². The Balaban J connectivity index is 1.58. The van der Waals surface area contributed by atoms with Gasteiger partial charge in [0.05, 0.1) is 35.4 Å². The maximum Gasteiger partial charge on any atom is 0.410 e.